The van der Waals surface area contributed by atoms with Gasteiger partial charge in [-0.05, 0) is 28.9 Å². The first-order valence-electron chi connectivity index (χ1n) is 5.32. The first kappa shape index (κ1) is 12.2. The molecule has 17 heavy (non-hydrogen) atoms. The molecule has 0 unspecified atom stereocenters. The van der Waals surface area contributed by atoms with Crippen molar-refractivity contribution in [3.8, 4) is 0 Å². The summed E-state index contributed by atoms with van der Waals surface area (Å²) in [5.41, 5.74) is 3.12. The van der Waals surface area contributed by atoms with Gasteiger partial charge in [0, 0.05) is 26.3 Å². The molecule has 2 aromatic rings. The Balaban J connectivity index is 1.95. The normalized spacial score (nSPS) is 10.8. The monoisotopic (exact) mass is 295 g/mol. The molecule has 0 atom stereocenters. The average molecular weight is 296 g/mol. The highest BCUT2D eigenvalue weighted by atomic mass is 79.9. The van der Waals surface area contributed by atoms with Crippen LogP contribution in [0.2, 0.25) is 0 Å². The Morgan fingerprint density at radius 1 is 1.41 bits per heavy atom. The fraction of sp³-hybridized carbons (Fsp3) is 0.364. The summed E-state index contributed by atoms with van der Waals surface area (Å²) in [5.74, 6) is 0. The lowest BCUT2D eigenvalue weighted by Crippen LogP contribution is -2.16. The Bertz CT molecular complexity index is 494. The smallest absolute Gasteiger partial charge is 0.115 e. The van der Waals surface area contributed by atoms with E-state index in [4.69, 9.17) is 0 Å². The largest absolute Gasteiger partial charge is 0.305 e. The summed E-state index contributed by atoms with van der Waals surface area (Å²) in [6.45, 7) is 3.46. The number of nitrogens with one attached hydrogen (secondary N) is 1. The van der Waals surface area contributed by atoms with E-state index in [-0.39, 0.29) is 0 Å². The van der Waals surface area contributed by atoms with Crippen LogP contribution in [0.1, 0.15) is 17.1 Å². The average Bonchev–Trinajstić information content (AvgIpc) is 2.57. The van der Waals surface area contributed by atoms with E-state index in [0.29, 0.717) is 0 Å². The minimum atomic E-state index is 0.721. The molecule has 6 heteroatoms. The van der Waals surface area contributed by atoms with Crippen LogP contribution in [0.3, 0.4) is 0 Å². The van der Waals surface area contributed by atoms with E-state index >= 15 is 0 Å². The van der Waals surface area contributed by atoms with Gasteiger partial charge in [0.1, 0.15) is 6.33 Å². The van der Waals surface area contributed by atoms with Gasteiger partial charge in [-0.2, -0.15) is 5.10 Å². The highest BCUT2D eigenvalue weighted by Crippen LogP contribution is 2.19. The van der Waals surface area contributed by atoms with Gasteiger partial charge < -0.3 is 5.32 Å². The van der Waals surface area contributed by atoms with Gasteiger partial charge in [-0.15, -0.1) is 0 Å². The van der Waals surface area contributed by atoms with Crippen molar-refractivity contribution in [2.24, 2.45) is 7.05 Å². The van der Waals surface area contributed by atoms with E-state index in [1.165, 1.54) is 0 Å². The number of aryl methyl sites for hydroxylation is 2. The van der Waals surface area contributed by atoms with Crippen LogP contribution in [0.4, 0.5) is 0 Å². The van der Waals surface area contributed by atoms with Gasteiger partial charge in [0.15, 0.2) is 0 Å². The number of hydrogen-bond acceptors (Lipinski definition) is 4. The van der Waals surface area contributed by atoms with Crippen molar-refractivity contribution >= 4 is 15.9 Å². The van der Waals surface area contributed by atoms with Gasteiger partial charge in [-0.25, -0.2) is 9.97 Å². The molecule has 0 bridgehead atoms. The molecule has 0 aliphatic rings. The third kappa shape index (κ3) is 2.89. The van der Waals surface area contributed by atoms with E-state index in [2.05, 4.69) is 36.3 Å². The van der Waals surface area contributed by atoms with Crippen LogP contribution in [0, 0.1) is 6.92 Å². The standard InChI is InChI=1S/C11H14BrN5/c1-8-11(12)10(17(2)16-8)6-14-5-9-3-4-13-7-15-9/h3-4,7,14H,5-6H2,1-2H3. The van der Waals surface area contributed by atoms with Gasteiger partial charge in [0.2, 0.25) is 0 Å². The number of nitrogens with zero attached hydrogens (tertiary/aromatic N) is 4. The molecular formula is C11H14BrN5. The SMILES string of the molecule is Cc1nn(C)c(CNCc2ccncn2)c1Br. The quantitative estimate of drug-likeness (QED) is 0.930. The molecule has 0 spiro atoms. The van der Waals surface area contributed by atoms with Gasteiger partial charge >= 0.3 is 0 Å². The van der Waals surface area contributed by atoms with Crippen molar-refractivity contribution in [3.05, 3.63) is 40.1 Å². The predicted octanol–water partition coefficient (Wildman–Crippen LogP) is 1.57. The summed E-state index contributed by atoms with van der Waals surface area (Å²) in [7, 11) is 1.94. The number of hydrogen-bond donors (Lipinski definition) is 1. The maximum absolute atomic E-state index is 4.34. The first-order chi connectivity index (χ1) is 8.18. The van der Waals surface area contributed by atoms with E-state index in [1.54, 1.807) is 12.5 Å². The van der Waals surface area contributed by atoms with Crippen LogP contribution in [-0.4, -0.2) is 19.7 Å². The molecule has 0 saturated heterocycles. The summed E-state index contributed by atoms with van der Waals surface area (Å²) in [4.78, 5) is 8.03. The molecule has 1 N–H and O–H groups in total. The summed E-state index contributed by atoms with van der Waals surface area (Å²) in [6.07, 6.45) is 3.30. The molecule has 0 aliphatic heterocycles. The van der Waals surface area contributed by atoms with E-state index in [1.807, 2.05) is 24.7 Å². The Hall–Kier alpha value is -1.27. The summed E-state index contributed by atoms with van der Waals surface area (Å²) < 4.78 is 2.95. The first-order valence-corrected chi connectivity index (χ1v) is 6.11. The zero-order valence-electron chi connectivity index (χ0n) is 9.81. The van der Waals surface area contributed by atoms with Crippen molar-refractivity contribution in [2.75, 3.05) is 0 Å². The highest BCUT2D eigenvalue weighted by Gasteiger charge is 2.09. The molecule has 0 radical (unpaired) electrons. The maximum Gasteiger partial charge on any atom is 0.115 e. The van der Waals surface area contributed by atoms with E-state index < -0.39 is 0 Å². The fourth-order valence-corrected chi connectivity index (χ4v) is 2.08. The summed E-state index contributed by atoms with van der Waals surface area (Å²) in [6, 6.07) is 1.90. The molecule has 0 aliphatic carbocycles. The third-order valence-electron chi connectivity index (χ3n) is 2.50. The molecule has 2 aromatic heterocycles. The molecule has 90 valence electrons. The topological polar surface area (TPSA) is 55.6 Å². The zero-order chi connectivity index (χ0) is 12.3. The lowest BCUT2D eigenvalue weighted by atomic mass is 10.3. The van der Waals surface area contributed by atoms with Gasteiger partial charge in [0.05, 0.1) is 21.6 Å². The molecule has 2 rings (SSSR count). The van der Waals surface area contributed by atoms with Gasteiger partial charge in [0.25, 0.3) is 0 Å². The number of aromatic nitrogens is 4. The molecule has 0 amide bonds. The van der Waals surface area contributed by atoms with Crippen molar-refractivity contribution < 1.29 is 0 Å². The van der Waals surface area contributed by atoms with Crippen molar-refractivity contribution in [1.82, 2.24) is 25.1 Å². The second-order valence-electron chi connectivity index (χ2n) is 3.77. The Labute approximate surface area is 108 Å². The van der Waals surface area contributed by atoms with Crippen LogP contribution >= 0.6 is 15.9 Å². The lowest BCUT2D eigenvalue weighted by Gasteiger charge is -2.05. The van der Waals surface area contributed by atoms with Gasteiger partial charge in [-0.3, -0.25) is 4.68 Å². The van der Waals surface area contributed by atoms with Crippen LogP contribution in [0.15, 0.2) is 23.1 Å². The zero-order valence-corrected chi connectivity index (χ0v) is 11.4. The predicted molar refractivity (Wildman–Crippen MR) is 68.2 cm³/mol. The van der Waals surface area contributed by atoms with Crippen molar-refractivity contribution in [3.63, 3.8) is 0 Å². The van der Waals surface area contributed by atoms with Crippen LogP contribution in [0.5, 0.6) is 0 Å². The Morgan fingerprint density at radius 3 is 2.82 bits per heavy atom. The second-order valence-corrected chi connectivity index (χ2v) is 4.57. The van der Waals surface area contributed by atoms with Crippen molar-refractivity contribution in [1.29, 1.82) is 0 Å². The van der Waals surface area contributed by atoms with Crippen LogP contribution in [0.25, 0.3) is 0 Å². The minimum absolute atomic E-state index is 0.721. The molecule has 0 saturated carbocycles. The van der Waals surface area contributed by atoms with Crippen LogP contribution in [-0.2, 0) is 20.1 Å². The van der Waals surface area contributed by atoms with Crippen molar-refractivity contribution in [2.45, 2.75) is 20.0 Å². The summed E-state index contributed by atoms with van der Waals surface area (Å²) in [5, 5.41) is 7.67. The molecule has 2 heterocycles. The highest BCUT2D eigenvalue weighted by molar-refractivity contribution is 9.10. The minimum Gasteiger partial charge on any atom is -0.305 e. The number of halogens is 1. The Kier molecular flexibility index (Phi) is 3.86. The molecular weight excluding hydrogens is 282 g/mol. The number of rotatable bonds is 4. The fourth-order valence-electron chi connectivity index (χ4n) is 1.60. The molecule has 0 fully saturated rings. The van der Waals surface area contributed by atoms with Gasteiger partial charge in [-0.1, -0.05) is 0 Å². The molecule has 0 aromatic carbocycles. The van der Waals surface area contributed by atoms with E-state index in [9.17, 15) is 0 Å². The maximum atomic E-state index is 4.34. The Morgan fingerprint density at radius 2 is 2.24 bits per heavy atom. The second kappa shape index (κ2) is 5.37. The lowest BCUT2D eigenvalue weighted by molar-refractivity contribution is 0.616. The van der Waals surface area contributed by atoms with Crippen LogP contribution < -0.4 is 5.32 Å². The summed E-state index contributed by atoms with van der Waals surface area (Å²) >= 11 is 3.54. The molecule has 5 nitrogen and oxygen atoms in total. The van der Waals surface area contributed by atoms with E-state index in [0.717, 1.165) is 34.6 Å². The third-order valence-corrected chi connectivity index (χ3v) is 3.53.